The summed E-state index contributed by atoms with van der Waals surface area (Å²) in [7, 11) is 1.83. The number of anilines is 3. The number of nitrogens with zero attached hydrogens (tertiary/aromatic N) is 2. The molecule has 162 valence electrons. The van der Waals surface area contributed by atoms with E-state index < -0.39 is 11.4 Å². The molecule has 9 nitrogen and oxygen atoms in total. The number of aromatic amines is 1. The third kappa shape index (κ3) is 6.32. The Morgan fingerprint density at radius 1 is 1.19 bits per heavy atom. The monoisotopic (exact) mass is 445 g/mol. The van der Waals surface area contributed by atoms with E-state index in [1.165, 1.54) is 30.5 Å². The second-order valence-electron chi connectivity index (χ2n) is 6.50. The molecular formula is C20H21ClFN7O2. The van der Waals surface area contributed by atoms with E-state index in [2.05, 4.69) is 36.4 Å². The zero-order valence-electron chi connectivity index (χ0n) is 16.6. The smallest absolute Gasteiger partial charge is 0.287 e. The highest BCUT2D eigenvalue weighted by Crippen LogP contribution is 2.25. The molecule has 0 radical (unpaired) electrons. The molecule has 2 aromatic heterocycles. The van der Waals surface area contributed by atoms with Crippen LogP contribution in [-0.2, 0) is 4.79 Å². The number of aromatic nitrogens is 3. The van der Waals surface area contributed by atoms with Gasteiger partial charge in [-0.05, 0) is 37.4 Å². The van der Waals surface area contributed by atoms with Gasteiger partial charge < -0.3 is 21.3 Å². The predicted octanol–water partition coefficient (Wildman–Crippen LogP) is 2.12. The van der Waals surface area contributed by atoms with Gasteiger partial charge in [0.05, 0.1) is 12.2 Å². The standard InChI is InChI=1S/C20H21ClFN7O2/c1-23-6-7-24-11-19(30)27-18-9-13(4-5-25-18)26-17-10-16(28-29-20(17)31)14-8-12(21)2-3-15(14)22/h2-5,8-10,23-24H,6-7,11H2,1H3,(H,29,31)(H2,25,26,27,28,30). The second kappa shape index (κ2) is 10.6. The normalized spacial score (nSPS) is 10.7. The van der Waals surface area contributed by atoms with Crippen LogP contribution in [0.2, 0.25) is 5.02 Å². The average molecular weight is 446 g/mol. The molecule has 0 spiro atoms. The van der Waals surface area contributed by atoms with Gasteiger partial charge in [0, 0.05) is 41.6 Å². The third-order valence-electron chi connectivity index (χ3n) is 4.15. The minimum atomic E-state index is -0.521. The molecule has 0 atom stereocenters. The Balaban J connectivity index is 1.74. The van der Waals surface area contributed by atoms with E-state index >= 15 is 0 Å². The number of carbonyl (C=O) groups excluding carboxylic acids is 1. The zero-order valence-corrected chi connectivity index (χ0v) is 17.4. The van der Waals surface area contributed by atoms with Crippen molar-refractivity contribution in [3.05, 3.63) is 63.8 Å². The first-order chi connectivity index (χ1) is 15.0. The molecule has 0 bridgehead atoms. The number of halogens is 2. The minimum Gasteiger partial charge on any atom is -0.351 e. The zero-order chi connectivity index (χ0) is 22.2. The summed E-state index contributed by atoms with van der Waals surface area (Å²) in [5.74, 6) is -0.453. The summed E-state index contributed by atoms with van der Waals surface area (Å²) in [5.41, 5.74) is 0.504. The quantitative estimate of drug-likeness (QED) is 0.319. The molecule has 0 saturated carbocycles. The molecule has 0 aliphatic rings. The van der Waals surface area contributed by atoms with Crippen molar-refractivity contribution in [2.45, 2.75) is 0 Å². The lowest BCUT2D eigenvalue weighted by atomic mass is 10.1. The minimum absolute atomic E-state index is 0.138. The molecule has 1 amide bonds. The average Bonchev–Trinajstić information content (AvgIpc) is 2.75. The molecule has 0 aliphatic carbocycles. The van der Waals surface area contributed by atoms with Crippen LogP contribution in [0.1, 0.15) is 0 Å². The Labute approximate surface area is 182 Å². The summed E-state index contributed by atoms with van der Waals surface area (Å²) < 4.78 is 14.2. The van der Waals surface area contributed by atoms with Gasteiger partial charge in [-0.25, -0.2) is 14.5 Å². The Morgan fingerprint density at radius 3 is 2.84 bits per heavy atom. The Kier molecular flexibility index (Phi) is 7.65. The van der Waals surface area contributed by atoms with E-state index in [9.17, 15) is 14.0 Å². The van der Waals surface area contributed by atoms with Crippen molar-refractivity contribution in [1.82, 2.24) is 25.8 Å². The van der Waals surface area contributed by atoms with E-state index in [1.54, 1.807) is 12.1 Å². The van der Waals surface area contributed by atoms with Gasteiger partial charge in [-0.2, -0.15) is 5.10 Å². The molecule has 2 heterocycles. The maximum atomic E-state index is 14.2. The molecule has 1 aromatic carbocycles. The fourth-order valence-electron chi connectivity index (χ4n) is 2.66. The molecular weight excluding hydrogens is 425 g/mol. The number of H-pyrrole nitrogens is 1. The van der Waals surface area contributed by atoms with Gasteiger partial charge in [0.1, 0.15) is 17.3 Å². The first-order valence-corrected chi connectivity index (χ1v) is 9.77. The maximum Gasteiger partial charge on any atom is 0.287 e. The van der Waals surface area contributed by atoms with Crippen LogP contribution in [0.25, 0.3) is 11.3 Å². The van der Waals surface area contributed by atoms with E-state index in [4.69, 9.17) is 11.6 Å². The highest BCUT2D eigenvalue weighted by molar-refractivity contribution is 6.30. The van der Waals surface area contributed by atoms with E-state index in [-0.39, 0.29) is 29.4 Å². The molecule has 31 heavy (non-hydrogen) atoms. The number of hydrogen-bond donors (Lipinski definition) is 5. The van der Waals surface area contributed by atoms with Gasteiger partial charge in [-0.3, -0.25) is 9.59 Å². The highest BCUT2D eigenvalue weighted by Gasteiger charge is 2.11. The Hall–Kier alpha value is -3.34. The van der Waals surface area contributed by atoms with Gasteiger partial charge in [0.2, 0.25) is 5.91 Å². The van der Waals surface area contributed by atoms with Crippen LogP contribution < -0.4 is 26.8 Å². The SMILES string of the molecule is CNCCNCC(=O)Nc1cc(Nc2cc(-c3cc(Cl)ccc3F)n[nH]c2=O)ccn1. The number of hydrogen-bond acceptors (Lipinski definition) is 7. The van der Waals surface area contributed by atoms with Gasteiger partial charge in [-0.15, -0.1) is 0 Å². The van der Waals surface area contributed by atoms with E-state index in [1.807, 2.05) is 7.05 Å². The van der Waals surface area contributed by atoms with Crippen LogP contribution >= 0.6 is 11.6 Å². The van der Waals surface area contributed by atoms with Gasteiger partial charge in [-0.1, -0.05) is 11.6 Å². The first kappa shape index (κ1) is 22.3. The number of nitrogens with one attached hydrogen (secondary N) is 5. The number of rotatable bonds is 9. The lowest BCUT2D eigenvalue weighted by Crippen LogP contribution is -2.32. The molecule has 5 N–H and O–H groups in total. The summed E-state index contributed by atoms with van der Waals surface area (Å²) >= 11 is 5.94. The van der Waals surface area contributed by atoms with Gasteiger partial charge in [0.15, 0.2) is 0 Å². The lowest BCUT2D eigenvalue weighted by molar-refractivity contribution is -0.115. The molecule has 0 fully saturated rings. The van der Waals surface area contributed by atoms with Crippen LogP contribution in [0.5, 0.6) is 0 Å². The molecule has 3 aromatic rings. The van der Waals surface area contributed by atoms with Crippen LogP contribution in [0, 0.1) is 5.82 Å². The van der Waals surface area contributed by atoms with Crippen molar-refractivity contribution in [2.75, 3.05) is 37.3 Å². The Bertz CT molecular complexity index is 1120. The van der Waals surface area contributed by atoms with Crippen molar-refractivity contribution in [1.29, 1.82) is 0 Å². The van der Waals surface area contributed by atoms with E-state index in [0.29, 0.717) is 23.1 Å². The van der Waals surface area contributed by atoms with Crippen molar-refractivity contribution < 1.29 is 9.18 Å². The maximum absolute atomic E-state index is 14.2. The summed E-state index contributed by atoms with van der Waals surface area (Å²) in [5, 5.41) is 18.1. The van der Waals surface area contributed by atoms with Crippen LogP contribution in [-0.4, -0.2) is 47.8 Å². The van der Waals surface area contributed by atoms with Crippen molar-refractivity contribution >= 4 is 34.7 Å². The van der Waals surface area contributed by atoms with Crippen LogP contribution in [0.3, 0.4) is 0 Å². The number of amides is 1. The Morgan fingerprint density at radius 2 is 2.03 bits per heavy atom. The fourth-order valence-corrected chi connectivity index (χ4v) is 2.84. The van der Waals surface area contributed by atoms with Gasteiger partial charge in [0.25, 0.3) is 5.56 Å². The van der Waals surface area contributed by atoms with E-state index in [0.717, 1.165) is 6.54 Å². The van der Waals surface area contributed by atoms with Crippen molar-refractivity contribution in [3.8, 4) is 11.3 Å². The molecule has 0 unspecified atom stereocenters. The van der Waals surface area contributed by atoms with Crippen LogP contribution in [0.15, 0.2) is 47.4 Å². The number of likely N-dealkylation sites (N-methyl/N-ethyl adjacent to an activating group) is 1. The first-order valence-electron chi connectivity index (χ1n) is 9.39. The largest absolute Gasteiger partial charge is 0.351 e. The fraction of sp³-hybridized carbons (Fsp3) is 0.200. The molecule has 11 heteroatoms. The summed E-state index contributed by atoms with van der Waals surface area (Å²) in [4.78, 5) is 28.3. The summed E-state index contributed by atoms with van der Waals surface area (Å²) in [6, 6.07) is 8.69. The topological polar surface area (TPSA) is 124 Å². The second-order valence-corrected chi connectivity index (χ2v) is 6.94. The summed E-state index contributed by atoms with van der Waals surface area (Å²) in [6.45, 7) is 1.53. The summed E-state index contributed by atoms with van der Waals surface area (Å²) in [6.07, 6.45) is 1.49. The number of benzene rings is 1. The highest BCUT2D eigenvalue weighted by atomic mass is 35.5. The molecule has 0 aliphatic heterocycles. The predicted molar refractivity (Wildman–Crippen MR) is 118 cm³/mol. The van der Waals surface area contributed by atoms with Gasteiger partial charge >= 0.3 is 0 Å². The third-order valence-corrected chi connectivity index (χ3v) is 4.39. The molecule has 0 saturated heterocycles. The number of carbonyl (C=O) groups is 1. The molecule has 3 rings (SSSR count). The lowest BCUT2D eigenvalue weighted by Gasteiger charge is -2.10. The van der Waals surface area contributed by atoms with Crippen LogP contribution in [0.4, 0.5) is 21.6 Å². The number of pyridine rings is 1. The van der Waals surface area contributed by atoms with Crippen molar-refractivity contribution in [2.24, 2.45) is 0 Å². The van der Waals surface area contributed by atoms with Crippen molar-refractivity contribution in [3.63, 3.8) is 0 Å².